The second-order valence-electron chi connectivity index (χ2n) is 2.56. The molecule has 0 amide bonds. The van der Waals surface area contributed by atoms with Gasteiger partial charge >= 0.3 is 0 Å². The monoisotopic (exact) mass is 247 g/mol. The molecule has 12 heavy (non-hydrogen) atoms. The van der Waals surface area contributed by atoms with Crippen LogP contribution >= 0.6 is 15.9 Å². The predicted octanol–water partition coefficient (Wildman–Crippen LogP) is 1.91. The summed E-state index contributed by atoms with van der Waals surface area (Å²) in [7, 11) is -0.829. The van der Waals surface area contributed by atoms with Crippen molar-refractivity contribution in [2.45, 2.75) is 5.75 Å². The Labute approximate surface area is 82.7 Å². The van der Waals surface area contributed by atoms with Gasteiger partial charge in [-0.3, -0.25) is 4.21 Å². The first kappa shape index (κ1) is 9.74. The maximum absolute atomic E-state index is 10.9. The molecule has 1 atom stereocenters. The van der Waals surface area contributed by atoms with E-state index < -0.39 is 10.8 Å². The van der Waals surface area contributed by atoms with Crippen LogP contribution in [0.4, 0.5) is 5.69 Å². The van der Waals surface area contributed by atoms with Gasteiger partial charge in [0.1, 0.15) is 0 Å². The second-order valence-corrected chi connectivity index (χ2v) is 4.91. The number of anilines is 1. The third kappa shape index (κ3) is 2.60. The molecule has 1 rings (SSSR count). The summed E-state index contributed by atoms with van der Waals surface area (Å²) in [6.07, 6.45) is 1.67. The molecule has 2 nitrogen and oxygen atoms in total. The molecular weight excluding hydrogens is 238 g/mol. The molecule has 1 aromatic rings. The molecule has 66 valence electrons. The van der Waals surface area contributed by atoms with Crippen molar-refractivity contribution in [1.82, 2.24) is 0 Å². The summed E-state index contributed by atoms with van der Waals surface area (Å²) in [4.78, 5) is 0. The lowest BCUT2D eigenvalue weighted by Gasteiger charge is -2.03. The van der Waals surface area contributed by atoms with Crippen LogP contribution in [-0.4, -0.2) is 10.5 Å². The van der Waals surface area contributed by atoms with Gasteiger partial charge in [0.05, 0.1) is 5.75 Å². The molecule has 0 aliphatic rings. The SMILES string of the molecule is CS(=O)Cc1ccc(Br)cc1N. The number of nitrogens with two attached hydrogens (primary N) is 1. The summed E-state index contributed by atoms with van der Waals surface area (Å²) >= 11 is 3.31. The Kier molecular flexibility index (Phi) is 3.29. The third-order valence-corrected chi connectivity index (χ3v) is 2.68. The smallest absolute Gasteiger partial charge is 0.0503 e. The Hall–Kier alpha value is -0.350. The van der Waals surface area contributed by atoms with E-state index in [1.807, 2.05) is 18.2 Å². The van der Waals surface area contributed by atoms with Crippen molar-refractivity contribution < 1.29 is 4.21 Å². The summed E-state index contributed by atoms with van der Waals surface area (Å²) in [6.45, 7) is 0. The zero-order valence-corrected chi connectivity index (χ0v) is 9.11. The van der Waals surface area contributed by atoms with E-state index in [0.29, 0.717) is 11.4 Å². The van der Waals surface area contributed by atoms with E-state index in [1.165, 1.54) is 0 Å². The lowest BCUT2D eigenvalue weighted by Crippen LogP contribution is -1.97. The predicted molar refractivity (Wildman–Crippen MR) is 56.3 cm³/mol. The number of benzene rings is 1. The molecule has 2 N–H and O–H groups in total. The molecule has 1 aromatic carbocycles. The fraction of sp³-hybridized carbons (Fsp3) is 0.250. The fourth-order valence-corrected chi connectivity index (χ4v) is 2.00. The standard InChI is InChI=1S/C8H10BrNOS/c1-12(11)5-6-2-3-7(9)4-8(6)10/h2-4H,5,10H2,1H3. The summed E-state index contributed by atoms with van der Waals surface area (Å²) in [6, 6.07) is 5.61. The van der Waals surface area contributed by atoms with Gasteiger partial charge in [-0.15, -0.1) is 0 Å². The van der Waals surface area contributed by atoms with E-state index in [-0.39, 0.29) is 0 Å². The highest BCUT2D eigenvalue weighted by atomic mass is 79.9. The Morgan fingerprint density at radius 3 is 2.75 bits per heavy atom. The summed E-state index contributed by atoms with van der Waals surface area (Å²) in [5.41, 5.74) is 7.34. The first-order valence-corrected chi connectivity index (χ1v) is 5.95. The highest BCUT2D eigenvalue weighted by Gasteiger charge is 2.01. The van der Waals surface area contributed by atoms with Gasteiger partial charge in [-0.1, -0.05) is 22.0 Å². The molecule has 0 radical (unpaired) electrons. The molecule has 0 aromatic heterocycles. The van der Waals surface area contributed by atoms with Gasteiger partial charge in [0.25, 0.3) is 0 Å². The lowest BCUT2D eigenvalue weighted by molar-refractivity contribution is 0.686. The maximum atomic E-state index is 10.9. The van der Waals surface area contributed by atoms with Crippen LogP contribution in [0.3, 0.4) is 0 Å². The van der Waals surface area contributed by atoms with Crippen molar-refractivity contribution in [1.29, 1.82) is 0 Å². The van der Waals surface area contributed by atoms with Crippen molar-refractivity contribution in [3.05, 3.63) is 28.2 Å². The summed E-state index contributed by atoms with van der Waals surface area (Å²) in [5.74, 6) is 0.527. The zero-order chi connectivity index (χ0) is 9.14. The van der Waals surface area contributed by atoms with E-state index in [1.54, 1.807) is 6.26 Å². The van der Waals surface area contributed by atoms with Crippen LogP contribution in [0.1, 0.15) is 5.56 Å². The van der Waals surface area contributed by atoms with Crippen molar-refractivity contribution in [3.8, 4) is 0 Å². The highest BCUT2D eigenvalue weighted by molar-refractivity contribution is 9.10. The van der Waals surface area contributed by atoms with Crippen LogP contribution in [0.5, 0.6) is 0 Å². The molecule has 0 spiro atoms. The topological polar surface area (TPSA) is 43.1 Å². The maximum Gasteiger partial charge on any atom is 0.0503 e. The molecule has 0 heterocycles. The largest absolute Gasteiger partial charge is 0.398 e. The minimum Gasteiger partial charge on any atom is -0.398 e. The molecule has 0 aliphatic heterocycles. The molecule has 0 saturated heterocycles. The summed E-state index contributed by atoms with van der Waals surface area (Å²) in [5, 5.41) is 0. The fourth-order valence-electron chi connectivity index (χ4n) is 0.916. The van der Waals surface area contributed by atoms with Crippen LogP contribution in [0.2, 0.25) is 0 Å². The first-order chi connectivity index (χ1) is 5.59. The normalized spacial score (nSPS) is 12.8. The van der Waals surface area contributed by atoms with Gasteiger partial charge in [-0.2, -0.15) is 0 Å². The molecule has 0 saturated carbocycles. The average Bonchev–Trinajstić information content (AvgIpc) is 1.94. The Morgan fingerprint density at radius 2 is 2.25 bits per heavy atom. The van der Waals surface area contributed by atoms with E-state index in [4.69, 9.17) is 5.73 Å². The molecule has 1 unspecified atom stereocenters. The highest BCUT2D eigenvalue weighted by Crippen LogP contribution is 2.19. The molecule has 0 aliphatic carbocycles. The Balaban J connectivity index is 2.93. The Bertz CT molecular complexity index is 314. The number of rotatable bonds is 2. The van der Waals surface area contributed by atoms with Crippen molar-refractivity contribution in [2.75, 3.05) is 12.0 Å². The van der Waals surface area contributed by atoms with E-state index >= 15 is 0 Å². The van der Waals surface area contributed by atoms with Crippen LogP contribution in [0.25, 0.3) is 0 Å². The molecular formula is C8H10BrNOS. The van der Waals surface area contributed by atoms with Gasteiger partial charge in [-0.05, 0) is 17.7 Å². The minimum absolute atomic E-state index is 0.527. The first-order valence-electron chi connectivity index (χ1n) is 3.43. The van der Waals surface area contributed by atoms with Gasteiger partial charge < -0.3 is 5.73 Å². The van der Waals surface area contributed by atoms with Gasteiger partial charge in [-0.25, -0.2) is 0 Å². The van der Waals surface area contributed by atoms with Crippen molar-refractivity contribution in [3.63, 3.8) is 0 Å². The number of hydrogen-bond donors (Lipinski definition) is 1. The minimum atomic E-state index is -0.829. The lowest BCUT2D eigenvalue weighted by atomic mass is 10.2. The molecule has 0 bridgehead atoms. The van der Waals surface area contributed by atoms with Crippen LogP contribution in [-0.2, 0) is 16.6 Å². The third-order valence-electron chi connectivity index (χ3n) is 1.47. The van der Waals surface area contributed by atoms with E-state index in [0.717, 1.165) is 10.0 Å². The van der Waals surface area contributed by atoms with Gasteiger partial charge in [0.2, 0.25) is 0 Å². The van der Waals surface area contributed by atoms with Gasteiger partial charge in [0, 0.05) is 27.2 Å². The Morgan fingerprint density at radius 1 is 1.58 bits per heavy atom. The summed E-state index contributed by atoms with van der Waals surface area (Å²) < 4.78 is 11.8. The average molecular weight is 248 g/mol. The van der Waals surface area contributed by atoms with Crippen LogP contribution < -0.4 is 5.73 Å². The quantitative estimate of drug-likeness (QED) is 0.812. The molecule has 0 fully saturated rings. The number of hydrogen-bond acceptors (Lipinski definition) is 2. The van der Waals surface area contributed by atoms with Crippen molar-refractivity contribution in [2.24, 2.45) is 0 Å². The van der Waals surface area contributed by atoms with E-state index in [9.17, 15) is 4.21 Å². The van der Waals surface area contributed by atoms with Crippen LogP contribution in [0.15, 0.2) is 22.7 Å². The van der Waals surface area contributed by atoms with Crippen LogP contribution in [0, 0.1) is 0 Å². The van der Waals surface area contributed by atoms with Gasteiger partial charge in [0.15, 0.2) is 0 Å². The molecule has 4 heteroatoms. The van der Waals surface area contributed by atoms with E-state index in [2.05, 4.69) is 15.9 Å². The number of nitrogen functional groups attached to an aromatic ring is 1. The number of halogens is 1. The second kappa shape index (κ2) is 4.05. The van der Waals surface area contributed by atoms with Crippen molar-refractivity contribution >= 4 is 32.4 Å². The zero-order valence-electron chi connectivity index (χ0n) is 6.71.